The second kappa shape index (κ2) is 3.97. The lowest BCUT2D eigenvalue weighted by atomic mass is 10.1. The second-order valence-electron chi connectivity index (χ2n) is 4.96. The minimum atomic E-state index is -4.34. The molecule has 104 valence electrons. The lowest BCUT2D eigenvalue weighted by molar-refractivity contribution is -0.137. The molecule has 0 amide bonds. The molecule has 0 saturated carbocycles. The van der Waals surface area contributed by atoms with Gasteiger partial charge >= 0.3 is 6.18 Å². The molecule has 0 unspecified atom stereocenters. The van der Waals surface area contributed by atoms with Crippen LogP contribution in [0.1, 0.15) is 5.56 Å². The minimum absolute atomic E-state index is 0.447. The molecule has 2 aromatic carbocycles. The molecule has 5 heteroatoms. The molecule has 0 aliphatic carbocycles. The molecule has 4 aromatic rings. The van der Waals surface area contributed by atoms with Crippen molar-refractivity contribution in [1.29, 1.82) is 0 Å². The molecule has 0 atom stereocenters. The summed E-state index contributed by atoms with van der Waals surface area (Å²) >= 11 is 0. The average molecular weight is 286 g/mol. The summed E-state index contributed by atoms with van der Waals surface area (Å²) in [5, 5.41) is 2.54. The molecule has 2 aromatic heterocycles. The first-order valence-electron chi connectivity index (χ1n) is 6.41. The fourth-order valence-corrected chi connectivity index (χ4v) is 2.60. The van der Waals surface area contributed by atoms with Crippen molar-refractivity contribution in [3.05, 3.63) is 54.1 Å². The van der Waals surface area contributed by atoms with Gasteiger partial charge in [0.25, 0.3) is 0 Å². The summed E-state index contributed by atoms with van der Waals surface area (Å²) in [6.45, 7) is 0. The second-order valence-corrected chi connectivity index (χ2v) is 4.96. The third-order valence-electron chi connectivity index (χ3n) is 3.61. The van der Waals surface area contributed by atoms with E-state index in [2.05, 4.69) is 9.97 Å². The Morgan fingerprint density at radius 2 is 1.71 bits per heavy atom. The maximum atomic E-state index is 12.8. The predicted molar refractivity (Wildman–Crippen MR) is 76.1 cm³/mol. The number of hydrogen-bond donors (Lipinski definition) is 1. The highest BCUT2D eigenvalue weighted by Crippen LogP contribution is 2.34. The molecule has 1 N–H and O–H groups in total. The summed E-state index contributed by atoms with van der Waals surface area (Å²) in [6, 6.07) is 13.3. The molecule has 0 bridgehead atoms. The lowest BCUT2D eigenvalue weighted by Gasteiger charge is -2.05. The number of fused-ring (bicyclic) bond motifs is 4. The molecular weight excluding hydrogens is 277 g/mol. The first kappa shape index (κ1) is 12.2. The van der Waals surface area contributed by atoms with Gasteiger partial charge in [0.2, 0.25) is 0 Å². The highest BCUT2D eigenvalue weighted by Gasteiger charge is 2.30. The molecule has 0 spiro atoms. The Hall–Kier alpha value is -2.56. The van der Waals surface area contributed by atoms with E-state index in [1.165, 1.54) is 6.07 Å². The van der Waals surface area contributed by atoms with Crippen molar-refractivity contribution < 1.29 is 13.2 Å². The van der Waals surface area contributed by atoms with Crippen LogP contribution < -0.4 is 0 Å². The SMILES string of the molecule is FC(F)(F)c1ccc2c(c1)[nH]c1nc3ccccc3cc12. The number of nitrogens with one attached hydrogen (secondary N) is 1. The van der Waals surface area contributed by atoms with Crippen molar-refractivity contribution in [3.8, 4) is 0 Å². The van der Waals surface area contributed by atoms with E-state index in [4.69, 9.17) is 0 Å². The Balaban J connectivity index is 2.07. The van der Waals surface area contributed by atoms with Crippen LogP contribution in [-0.4, -0.2) is 9.97 Å². The Morgan fingerprint density at radius 3 is 2.52 bits per heavy atom. The third-order valence-corrected chi connectivity index (χ3v) is 3.61. The van der Waals surface area contributed by atoms with E-state index in [-0.39, 0.29) is 0 Å². The van der Waals surface area contributed by atoms with Gasteiger partial charge in [0, 0.05) is 21.7 Å². The smallest absolute Gasteiger partial charge is 0.339 e. The maximum Gasteiger partial charge on any atom is 0.416 e. The number of H-pyrrole nitrogens is 1. The molecule has 4 rings (SSSR count). The van der Waals surface area contributed by atoms with Crippen molar-refractivity contribution in [2.24, 2.45) is 0 Å². The van der Waals surface area contributed by atoms with Gasteiger partial charge in [-0.1, -0.05) is 24.3 Å². The number of rotatable bonds is 0. The fraction of sp³-hybridized carbons (Fsp3) is 0.0625. The fourth-order valence-electron chi connectivity index (χ4n) is 2.60. The standard InChI is InChI=1S/C16H9F3N2/c17-16(18,19)10-5-6-11-12-7-9-3-1-2-4-13(9)20-15(12)21-14(11)8-10/h1-8H,(H,20,21). The zero-order valence-corrected chi connectivity index (χ0v) is 10.7. The molecule has 2 heterocycles. The number of nitrogens with zero attached hydrogens (tertiary/aromatic N) is 1. The molecule has 0 radical (unpaired) electrons. The number of hydrogen-bond acceptors (Lipinski definition) is 1. The van der Waals surface area contributed by atoms with Gasteiger partial charge in [-0.15, -0.1) is 0 Å². The molecule has 0 fully saturated rings. The quantitative estimate of drug-likeness (QED) is 0.490. The van der Waals surface area contributed by atoms with Crippen LogP contribution in [0.3, 0.4) is 0 Å². The van der Waals surface area contributed by atoms with Crippen molar-refractivity contribution in [2.75, 3.05) is 0 Å². The van der Waals surface area contributed by atoms with Crippen LogP contribution in [0.2, 0.25) is 0 Å². The Morgan fingerprint density at radius 1 is 0.905 bits per heavy atom. The topological polar surface area (TPSA) is 28.7 Å². The number of benzene rings is 2. The van der Waals surface area contributed by atoms with Gasteiger partial charge in [0.1, 0.15) is 5.65 Å². The van der Waals surface area contributed by atoms with E-state index in [0.29, 0.717) is 11.2 Å². The summed E-state index contributed by atoms with van der Waals surface area (Å²) in [4.78, 5) is 7.44. The number of aromatic nitrogens is 2. The van der Waals surface area contributed by atoms with E-state index in [1.807, 2.05) is 30.3 Å². The molecule has 0 aliphatic rings. The van der Waals surface area contributed by atoms with Crippen LogP contribution in [0.15, 0.2) is 48.5 Å². The van der Waals surface area contributed by atoms with Crippen molar-refractivity contribution in [2.45, 2.75) is 6.18 Å². The zero-order chi connectivity index (χ0) is 14.6. The molecule has 21 heavy (non-hydrogen) atoms. The normalized spacial score (nSPS) is 12.5. The van der Waals surface area contributed by atoms with Crippen LogP contribution in [0.4, 0.5) is 13.2 Å². The number of para-hydroxylation sites is 1. The summed E-state index contributed by atoms with van der Waals surface area (Å²) in [7, 11) is 0. The van der Waals surface area contributed by atoms with Crippen molar-refractivity contribution in [1.82, 2.24) is 9.97 Å². The first-order valence-corrected chi connectivity index (χ1v) is 6.41. The van der Waals surface area contributed by atoms with Crippen molar-refractivity contribution >= 4 is 32.8 Å². The van der Waals surface area contributed by atoms with E-state index in [9.17, 15) is 13.2 Å². The first-order chi connectivity index (χ1) is 10.0. The van der Waals surface area contributed by atoms with Crippen molar-refractivity contribution in [3.63, 3.8) is 0 Å². The number of aromatic amines is 1. The average Bonchev–Trinajstić information content (AvgIpc) is 2.80. The minimum Gasteiger partial charge on any atom is -0.339 e. The Bertz CT molecular complexity index is 983. The highest BCUT2D eigenvalue weighted by molar-refractivity contribution is 6.09. The zero-order valence-electron chi connectivity index (χ0n) is 10.7. The number of pyridine rings is 1. The molecular formula is C16H9F3N2. The third kappa shape index (κ3) is 1.85. The van der Waals surface area contributed by atoms with Crippen LogP contribution in [0, 0.1) is 0 Å². The number of halogens is 3. The molecule has 2 nitrogen and oxygen atoms in total. The van der Waals surface area contributed by atoms with Crippen LogP contribution in [0.5, 0.6) is 0 Å². The van der Waals surface area contributed by atoms with Crippen LogP contribution in [-0.2, 0) is 6.18 Å². The summed E-state index contributed by atoms with van der Waals surface area (Å²) in [5.74, 6) is 0. The lowest BCUT2D eigenvalue weighted by Crippen LogP contribution is -2.03. The van der Waals surface area contributed by atoms with Gasteiger partial charge in [-0.3, -0.25) is 0 Å². The molecule has 0 aliphatic heterocycles. The Kier molecular flexibility index (Phi) is 2.31. The summed E-state index contributed by atoms with van der Waals surface area (Å²) in [5.41, 5.74) is 1.20. The predicted octanol–water partition coefficient (Wildman–Crippen LogP) is 4.89. The monoisotopic (exact) mass is 286 g/mol. The molecule has 0 saturated heterocycles. The van der Waals surface area contributed by atoms with Gasteiger partial charge in [-0.25, -0.2) is 4.98 Å². The Labute approximate surface area is 117 Å². The summed E-state index contributed by atoms with van der Waals surface area (Å²) in [6.07, 6.45) is -4.34. The van der Waals surface area contributed by atoms with E-state index in [1.54, 1.807) is 0 Å². The summed E-state index contributed by atoms with van der Waals surface area (Å²) < 4.78 is 38.3. The highest BCUT2D eigenvalue weighted by atomic mass is 19.4. The van der Waals surface area contributed by atoms with E-state index >= 15 is 0 Å². The largest absolute Gasteiger partial charge is 0.416 e. The van der Waals surface area contributed by atoms with E-state index < -0.39 is 11.7 Å². The van der Waals surface area contributed by atoms with Gasteiger partial charge in [-0.2, -0.15) is 13.2 Å². The van der Waals surface area contributed by atoms with Gasteiger partial charge in [0.15, 0.2) is 0 Å². The maximum absolute atomic E-state index is 12.8. The van der Waals surface area contributed by atoms with Crippen LogP contribution >= 0.6 is 0 Å². The van der Waals surface area contributed by atoms with Gasteiger partial charge < -0.3 is 4.98 Å². The van der Waals surface area contributed by atoms with Gasteiger partial charge in [-0.05, 0) is 24.3 Å². The number of alkyl halides is 3. The van der Waals surface area contributed by atoms with Gasteiger partial charge in [0.05, 0.1) is 11.1 Å². The van der Waals surface area contributed by atoms with Crippen LogP contribution in [0.25, 0.3) is 32.8 Å². The van der Waals surface area contributed by atoms with E-state index in [0.717, 1.165) is 33.8 Å².